The maximum Gasteiger partial charge on any atom is 0.0903 e. The Morgan fingerprint density at radius 2 is 2.00 bits per heavy atom. The van der Waals surface area contributed by atoms with Gasteiger partial charge in [0.2, 0.25) is 0 Å². The van der Waals surface area contributed by atoms with Crippen molar-refractivity contribution in [2.45, 2.75) is 24.7 Å². The second-order valence-corrected chi connectivity index (χ2v) is 4.92. The molecule has 1 fully saturated rings. The summed E-state index contributed by atoms with van der Waals surface area (Å²) in [6.07, 6.45) is 2.93. The first-order chi connectivity index (χ1) is 7.80. The summed E-state index contributed by atoms with van der Waals surface area (Å²) in [4.78, 5) is 0. The van der Waals surface area contributed by atoms with E-state index in [0.717, 1.165) is 25.3 Å². The van der Waals surface area contributed by atoms with E-state index in [4.69, 9.17) is 0 Å². The van der Waals surface area contributed by atoms with E-state index in [-0.39, 0.29) is 12.1 Å². The van der Waals surface area contributed by atoms with Crippen molar-refractivity contribution >= 4 is 0 Å². The van der Waals surface area contributed by atoms with E-state index in [9.17, 15) is 4.39 Å². The average Bonchev–Trinajstić information content (AvgIpc) is 2.27. The molecule has 0 bridgehead atoms. The Morgan fingerprint density at radius 3 is 2.56 bits per heavy atom. The van der Waals surface area contributed by atoms with Gasteiger partial charge in [-0.25, -0.2) is 0 Å². The topological polar surface area (TPSA) is 12.0 Å². The fraction of sp³-hybridized carbons (Fsp3) is 0.571. The Labute approximate surface area is 97.1 Å². The molecule has 16 heavy (non-hydrogen) atoms. The van der Waals surface area contributed by atoms with Gasteiger partial charge < -0.3 is 5.32 Å². The lowest BCUT2D eigenvalue weighted by molar-refractivity contribution is 0.120. The number of alkyl halides is 1. The Hall–Kier alpha value is -0.890. The third kappa shape index (κ3) is 2.12. The van der Waals surface area contributed by atoms with Gasteiger partial charge in [-0.1, -0.05) is 30.3 Å². The molecule has 0 heterocycles. The minimum atomic E-state index is -0.207. The van der Waals surface area contributed by atoms with Gasteiger partial charge in [0, 0.05) is 0 Å². The first-order valence-electron chi connectivity index (χ1n) is 6.07. The van der Waals surface area contributed by atoms with Crippen molar-refractivity contribution in [2.75, 3.05) is 20.3 Å². The SMILES string of the molecule is CNCC1CC(CCF)(c2ccccc2)C1. The first kappa shape index (κ1) is 11.6. The Bertz CT molecular complexity index is 317. The number of halogens is 1. The van der Waals surface area contributed by atoms with Crippen LogP contribution in [0.15, 0.2) is 30.3 Å². The van der Waals surface area contributed by atoms with E-state index in [1.54, 1.807) is 0 Å². The average molecular weight is 221 g/mol. The summed E-state index contributed by atoms with van der Waals surface area (Å²) in [6.45, 7) is 0.849. The summed E-state index contributed by atoms with van der Waals surface area (Å²) in [5, 5.41) is 3.21. The molecule has 0 atom stereocenters. The number of nitrogens with one attached hydrogen (secondary N) is 1. The van der Waals surface area contributed by atoms with E-state index in [1.165, 1.54) is 5.56 Å². The van der Waals surface area contributed by atoms with Gasteiger partial charge in [0.1, 0.15) is 0 Å². The van der Waals surface area contributed by atoms with Crippen LogP contribution in [-0.4, -0.2) is 20.3 Å². The van der Waals surface area contributed by atoms with Crippen LogP contribution in [0.2, 0.25) is 0 Å². The lowest BCUT2D eigenvalue weighted by Crippen LogP contribution is -2.45. The monoisotopic (exact) mass is 221 g/mol. The molecule has 1 saturated carbocycles. The Kier molecular flexibility index (Phi) is 3.59. The second kappa shape index (κ2) is 4.96. The highest BCUT2D eigenvalue weighted by Gasteiger charge is 2.44. The van der Waals surface area contributed by atoms with E-state index in [1.807, 2.05) is 13.1 Å². The van der Waals surface area contributed by atoms with Crippen LogP contribution in [0.1, 0.15) is 24.8 Å². The lowest BCUT2D eigenvalue weighted by Gasteiger charge is -2.48. The van der Waals surface area contributed by atoms with Crippen molar-refractivity contribution in [3.8, 4) is 0 Å². The number of benzene rings is 1. The highest BCUT2D eigenvalue weighted by Crippen LogP contribution is 2.49. The third-order valence-electron chi connectivity index (χ3n) is 3.81. The van der Waals surface area contributed by atoms with Gasteiger partial charge in [-0.15, -0.1) is 0 Å². The summed E-state index contributed by atoms with van der Waals surface area (Å²) < 4.78 is 12.7. The molecule has 0 spiro atoms. The molecular weight excluding hydrogens is 201 g/mol. The molecule has 1 aliphatic carbocycles. The minimum Gasteiger partial charge on any atom is -0.319 e. The summed E-state index contributed by atoms with van der Waals surface area (Å²) in [5.74, 6) is 0.719. The standard InChI is InChI=1S/C14H20FN/c1-16-11-12-9-14(10-12,7-8-15)13-5-3-2-4-6-13/h2-6,12,16H,7-11H2,1H3. The van der Waals surface area contributed by atoms with Crippen molar-refractivity contribution in [1.29, 1.82) is 0 Å². The number of hydrogen-bond acceptors (Lipinski definition) is 1. The molecule has 1 aliphatic rings. The largest absolute Gasteiger partial charge is 0.319 e. The molecule has 1 aromatic rings. The molecule has 0 saturated heterocycles. The van der Waals surface area contributed by atoms with E-state index >= 15 is 0 Å². The van der Waals surface area contributed by atoms with Crippen molar-refractivity contribution in [2.24, 2.45) is 5.92 Å². The zero-order valence-corrected chi connectivity index (χ0v) is 9.88. The van der Waals surface area contributed by atoms with Crippen LogP contribution in [0.25, 0.3) is 0 Å². The predicted molar refractivity (Wildman–Crippen MR) is 65.4 cm³/mol. The van der Waals surface area contributed by atoms with Crippen LogP contribution in [0.3, 0.4) is 0 Å². The lowest BCUT2D eigenvalue weighted by atomic mass is 9.57. The summed E-state index contributed by atoms with van der Waals surface area (Å²) in [7, 11) is 1.98. The van der Waals surface area contributed by atoms with Gasteiger partial charge >= 0.3 is 0 Å². The van der Waals surface area contributed by atoms with E-state index in [0.29, 0.717) is 6.42 Å². The van der Waals surface area contributed by atoms with Crippen LogP contribution >= 0.6 is 0 Å². The number of rotatable bonds is 5. The molecule has 88 valence electrons. The fourth-order valence-corrected chi connectivity index (χ4v) is 3.04. The quantitative estimate of drug-likeness (QED) is 0.806. The molecule has 0 unspecified atom stereocenters. The van der Waals surface area contributed by atoms with Gasteiger partial charge in [-0.2, -0.15) is 0 Å². The van der Waals surface area contributed by atoms with Crippen molar-refractivity contribution in [3.05, 3.63) is 35.9 Å². The second-order valence-electron chi connectivity index (χ2n) is 4.92. The predicted octanol–water partition coefficient (Wildman–Crippen LogP) is 2.91. The molecule has 0 aliphatic heterocycles. The maximum atomic E-state index is 12.7. The van der Waals surface area contributed by atoms with Crippen molar-refractivity contribution in [3.63, 3.8) is 0 Å². The molecule has 0 radical (unpaired) electrons. The van der Waals surface area contributed by atoms with E-state index < -0.39 is 0 Å². The zero-order valence-electron chi connectivity index (χ0n) is 9.88. The van der Waals surface area contributed by atoms with Crippen molar-refractivity contribution < 1.29 is 4.39 Å². The molecule has 0 amide bonds. The van der Waals surface area contributed by atoms with Crippen LogP contribution < -0.4 is 5.32 Å². The first-order valence-corrected chi connectivity index (χ1v) is 6.07. The Balaban J connectivity index is 2.08. The zero-order chi connectivity index (χ0) is 11.4. The fourth-order valence-electron chi connectivity index (χ4n) is 3.04. The Morgan fingerprint density at radius 1 is 1.31 bits per heavy atom. The molecule has 1 N–H and O–H groups in total. The molecule has 2 rings (SSSR count). The smallest absolute Gasteiger partial charge is 0.0903 e. The summed E-state index contributed by atoms with van der Waals surface area (Å²) >= 11 is 0. The summed E-state index contributed by atoms with van der Waals surface area (Å²) in [6, 6.07) is 10.4. The van der Waals surface area contributed by atoms with Crippen LogP contribution in [0.4, 0.5) is 4.39 Å². The minimum absolute atomic E-state index is 0.123. The normalized spacial score (nSPS) is 28.8. The highest BCUT2D eigenvalue weighted by molar-refractivity contribution is 5.28. The van der Waals surface area contributed by atoms with Gasteiger partial charge in [0.25, 0.3) is 0 Å². The molecule has 1 aromatic carbocycles. The molecule has 2 heteroatoms. The highest BCUT2D eigenvalue weighted by atomic mass is 19.1. The van der Waals surface area contributed by atoms with Crippen LogP contribution in [0, 0.1) is 5.92 Å². The van der Waals surface area contributed by atoms with E-state index in [2.05, 4.69) is 29.6 Å². The van der Waals surface area contributed by atoms with Gasteiger partial charge in [0.05, 0.1) is 6.67 Å². The maximum absolute atomic E-state index is 12.7. The van der Waals surface area contributed by atoms with Gasteiger partial charge in [0.15, 0.2) is 0 Å². The van der Waals surface area contributed by atoms with Gasteiger partial charge in [-0.05, 0) is 49.8 Å². The molecule has 1 nitrogen and oxygen atoms in total. The van der Waals surface area contributed by atoms with Crippen LogP contribution in [-0.2, 0) is 5.41 Å². The third-order valence-corrected chi connectivity index (χ3v) is 3.81. The molecule has 0 aromatic heterocycles. The van der Waals surface area contributed by atoms with Crippen molar-refractivity contribution in [1.82, 2.24) is 5.32 Å². The number of hydrogen-bond donors (Lipinski definition) is 1. The van der Waals surface area contributed by atoms with Gasteiger partial charge in [-0.3, -0.25) is 4.39 Å². The molecular formula is C14H20FN. The van der Waals surface area contributed by atoms with Crippen LogP contribution in [0.5, 0.6) is 0 Å². The summed E-state index contributed by atoms with van der Waals surface area (Å²) in [5.41, 5.74) is 1.44.